The Hall–Kier alpha value is -2.17. The van der Waals surface area contributed by atoms with Crippen LogP contribution >= 0.6 is 23.2 Å². The number of aromatic amines is 1. The maximum absolute atomic E-state index is 12.2. The highest BCUT2D eigenvalue weighted by Crippen LogP contribution is 2.28. The van der Waals surface area contributed by atoms with Crippen molar-refractivity contribution in [3.05, 3.63) is 66.4 Å². The lowest BCUT2D eigenvalue weighted by Gasteiger charge is -2.17. The van der Waals surface area contributed by atoms with Crippen LogP contribution in [0.1, 0.15) is 17.4 Å². The van der Waals surface area contributed by atoms with Crippen molar-refractivity contribution in [1.29, 1.82) is 0 Å². The molecule has 0 bridgehead atoms. The SMILES string of the molecule is Cc1cn([C@@H]2O[C@H](CNC(=O)Cc3c(Cl)cccc3Cl)C(O)C2O)c(=O)[nH]c1=O. The lowest BCUT2D eigenvalue weighted by Crippen LogP contribution is -2.40. The first-order valence-electron chi connectivity index (χ1n) is 8.72. The zero-order valence-corrected chi connectivity index (χ0v) is 16.8. The fourth-order valence-corrected chi connectivity index (χ4v) is 3.57. The summed E-state index contributed by atoms with van der Waals surface area (Å²) in [6.07, 6.45) is -3.82. The van der Waals surface area contributed by atoms with E-state index in [4.69, 9.17) is 27.9 Å². The van der Waals surface area contributed by atoms with Gasteiger partial charge in [0.15, 0.2) is 6.23 Å². The minimum absolute atomic E-state index is 0.0775. The van der Waals surface area contributed by atoms with Crippen molar-refractivity contribution in [2.75, 3.05) is 6.54 Å². The summed E-state index contributed by atoms with van der Waals surface area (Å²) < 4.78 is 6.57. The molecule has 0 spiro atoms. The van der Waals surface area contributed by atoms with Gasteiger partial charge in [-0.05, 0) is 24.6 Å². The molecule has 0 aliphatic carbocycles. The van der Waals surface area contributed by atoms with Gasteiger partial charge >= 0.3 is 5.69 Å². The quantitative estimate of drug-likeness (QED) is 0.518. The third-order valence-electron chi connectivity index (χ3n) is 4.66. The van der Waals surface area contributed by atoms with Gasteiger partial charge < -0.3 is 20.3 Å². The molecule has 1 aromatic carbocycles. The van der Waals surface area contributed by atoms with Gasteiger partial charge in [0.1, 0.15) is 18.3 Å². The van der Waals surface area contributed by atoms with E-state index in [0.717, 1.165) is 4.57 Å². The van der Waals surface area contributed by atoms with E-state index in [1.165, 1.54) is 13.1 Å². The number of hydrogen-bond acceptors (Lipinski definition) is 6. The van der Waals surface area contributed by atoms with Crippen LogP contribution < -0.4 is 16.6 Å². The second-order valence-corrected chi connectivity index (χ2v) is 7.52. The molecular formula is C18H19Cl2N3O6. The number of aliphatic hydroxyl groups excluding tert-OH is 2. The van der Waals surface area contributed by atoms with Crippen LogP contribution in [0, 0.1) is 6.92 Å². The Labute approximate surface area is 174 Å². The van der Waals surface area contributed by atoms with E-state index in [9.17, 15) is 24.6 Å². The Bertz CT molecular complexity index is 1020. The predicted octanol–water partition coefficient (Wildman–Crippen LogP) is 0.130. The van der Waals surface area contributed by atoms with Crippen LogP contribution in [0.4, 0.5) is 0 Å². The maximum Gasteiger partial charge on any atom is 0.330 e. The van der Waals surface area contributed by atoms with E-state index >= 15 is 0 Å². The third kappa shape index (κ3) is 4.54. The van der Waals surface area contributed by atoms with Gasteiger partial charge in [-0.3, -0.25) is 19.1 Å². The predicted molar refractivity (Wildman–Crippen MR) is 105 cm³/mol. The number of H-pyrrole nitrogens is 1. The van der Waals surface area contributed by atoms with Crippen molar-refractivity contribution in [3.8, 4) is 0 Å². The largest absolute Gasteiger partial charge is 0.387 e. The normalized spacial score (nSPS) is 23.9. The topological polar surface area (TPSA) is 134 Å². The van der Waals surface area contributed by atoms with Crippen molar-refractivity contribution >= 4 is 29.1 Å². The number of nitrogens with zero attached hydrogens (tertiary/aromatic N) is 1. The zero-order valence-electron chi connectivity index (χ0n) is 15.3. The summed E-state index contributed by atoms with van der Waals surface area (Å²) in [7, 11) is 0. The molecule has 2 unspecified atom stereocenters. The first-order valence-corrected chi connectivity index (χ1v) is 9.48. The molecule has 0 saturated carbocycles. The highest BCUT2D eigenvalue weighted by molar-refractivity contribution is 6.36. The van der Waals surface area contributed by atoms with Crippen molar-refractivity contribution in [2.45, 2.75) is 37.9 Å². The number of rotatable bonds is 5. The van der Waals surface area contributed by atoms with Crippen molar-refractivity contribution < 1.29 is 19.7 Å². The molecular weight excluding hydrogens is 425 g/mol. The van der Waals surface area contributed by atoms with E-state index in [1.54, 1.807) is 18.2 Å². The number of halogens is 2. The van der Waals surface area contributed by atoms with Crippen LogP contribution in [-0.2, 0) is 16.0 Å². The van der Waals surface area contributed by atoms with Gasteiger partial charge in [0, 0.05) is 28.4 Å². The number of aromatic nitrogens is 2. The van der Waals surface area contributed by atoms with E-state index < -0.39 is 41.7 Å². The molecule has 11 heteroatoms. The molecule has 1 aromatic heterocycles. The molecule has 4 atom stereocenters. The average Bonchev–Trinajstić information content (AvgIpc) is 2.94. The summed E-state index contributed by atoms with van der Waals surface area (Å²) in [5.74, 6) is -0.411. The number of aryl methyl sites for hydroxylation is 1. The molecule has 1 saturated heterocycles. The standard InChI is InChI=1S/C18H19Cl2N3O6/c1-8-7-23(18(28)22-16(8)27)17-15(26)14(25)12(29-17)6-21-13(24)5-9-10(19)3-2-4-11(9)20/h2-4,7,12,14-15,17,25-26H,5-6H2,1H3,(H,21,24)(H,22,27,28)/t12-,14?,15?,17-/m1/s1. The fourth-order valence-electron chi connectivity index (χ4n) is 3.04. The summed E-state index contributed by atoms with van der Waals surface area (Å²) >= 11 is 12.1. The number of nitrogens with one attached hydrogen (secondary N) is 2. The summed E-state index contributed by atoms with van der Waals surface area (Å²) in [5, 5.41) is 23.8. The minimum atomic E-state index is -1.43. The molecule has 0 radical (unpaired) electrons. The molecule has 156 valence electrons. The van der Waals surface area contributed by atoms with Crippen LogP contribution in [0.2, 0.25) is 10.0 Å². The molecule has 1 fully saturated rings. The van der Waals surface area contributed by atoms with Crippen LogP contribution in [-0.4, -0.2) is 50.5 Å². The average molecular weight is 444 g/mol. The number of benzene rings is 1. The van der Waals surface area contributed by atoms with Gasteiger partial charge in [-0.1, -0.05) is 29.3 Å². The lowest BCUT2D eigenvalue weighted by molar-refractivity contribution is -0.121. The van der Waals surface area contributed by atoms with Gasteiger partial charge in [-0.25, -0.2) is 4.79 Å². The first kappa shape index (κ1) is 21.5. The Balaban J connectivity index is 1.67. The molecule has 29 heavy (non-hydrogen) atoms. The second-order valence-electron chi connectivity index (χ2n) is 6.71. The number of ether oxygens (including phenoxy) is 1. The number of amides is 1. The van der Waals surface area contributed by atoms with Crippen LogP contribution in [0.15, 0.2) is 34.0 Å². The zero-order chi connectivity index (χ0) is 21.3. The van der Waals surface area contributed by atoms with E-state index in [0.29, 0.717) is 15.6 Å². The Kier molecular flexibility index (Phi) is 6.45. The number of carbonyl (C=O) groups is 1. The summed E-state index contributed by atoms with van der Waals surface area (Å²) in [4.78, 5) is 37.8. The highest BCUT2D eigenvalue weighted by Gasteiger charge is 2.44. The molecule has 2 heterocycles. The molecule has 4 N–H and O–H groups in total. The monoisotopic (exact) mass is 443 g/mol. The van der Waals surface area contributed by atoms with Gasteiger partial charge in [0.2, 0.25) is 5.91 Å². The number of carbonyl (C=O) groups excluding carboxylic acids is 1. The maximum atomic E-state index is 12.2. The Morgan fingerprint density at radius 1 is 1.24 bits per heavy atom. The van der Waals surface area contributed by atoms with E-state index in [1.807, 2.05) is 0 Å². The van der Waals surface area contributed by atoms with E-state index in [-0.39, 0.29) is 18.5 Å². The fraction of sp³-hybridized carbons (Fsp3) is 0.389. The summed E-state index contributed by atoms with van der Waals surface area (Å²) in [6, 6.07) is 4.90. The van der Waals surface area contributed by atoms with Crippen molar-refractivity contribution in [1.82, 2.24) is 14.9 Å². The molecule has 1 amide bonds. The number of hydrogen-bond donors (Lipinski definition) is 4. The smallest absolute Gasteiger partial charge is 0.330 e. The van der Waals surface area contributed by atoms with Crippen LogP contribution in [0.25, 0.3) is 0 Å². The van der Waals surface area contributed by atoms with E-state index in [2.05, 4.69) is 10.3 Å². The Morgan fingerprint density at radius 3 is 2.55 bits per heavy atom. The number of aliphatic hydroxyl groups is 2. The van der Waals surface area contributed by atoms with Crippen LogP contribution in [0.3, 0.4) is 0 Å². The molecule has 2 aromatic rings. The molecule has 1 aliphatic heterocycles. The molecule has 9 nitrogen and oxygen atoms in total. The minimum Gasteiger partial charge on any atom is -0.387 e. The second kappa shape index (κ2) is 8.68. The van der Waals surface area contributed by atoms with Crippen LogP contribution in [0.5, 0.6) is 0 Å². The van der Waals surface area contributed by atoms with Gasteiger partial charge in [-0.15, -0.1) is 0 Å². The van der Waals surface area contributed by atoms with Gasteiger partial charge in [-0.2, -0.15) is 0 Å². The van der Waals surface area contributed by atoms with Crippen molar-refractivity contribution in [2.24, 2.45) is 0 Å². The summed E-state index contributed by atoms with van der Waals surface area (Å²) in [5.41, 5.74) is -0.631. The Morgan fingerprint density at radius 2 is 1.90 bits per heavy atom. The highest BCUT2D eigenvalue weighted by atomic mass is 35.5. The third-order valence-corrected chi connectivity index (χ3v) is 5.36. The van der Waals surface area contributed by atoms with Gasteiger partial charge in [0.25, 0.3) is 5.56 Å². The molecule has 1 aliphatic rings. The lowest BCUT2D eigenvalue weighted by atomic mass is 10.1. The van der Waals surface area contributed by atoms with Gasteiger partial charge in [0.05, 0.1) is 6.42 Å². The van der Waals surface area contributed by atoms with Crippen molar-refractivity contribution in [3.63, 3.8) is 0 Å². The summed E-state index contributed by atoms with van der Waals surface area (Å²) in [6.45, 7) is 1.37. The first-order chi connectivity index (χ1) is 13.7. The molecule has 3 rings (SSSR count).